The number of hydrogen-bond donors (Lipinski definition) is 2. The zero-order chi connectivity index (χ0) is 19.0. The Labute approximate surface area is 146 Å². The summed E-state index contributed by atoms with van der Waals surface area (Å²) in [4.78, 5) is 35.8. The molecular formula is C17H24N2O6. The van der Waals surface area contributed by atoms with Crippen LogP contribution in [0.5, 0.6) is 11.5 Å². The number of amides is 3. The quantitative estimate of drug-likeness (QED) is 0.737. The molecule has 25 heavy (non-hydrogen) atoms. The van der Waals surface area contributed by atoms with Crippen LogP contribution in [0.25, 0.3) is 0 Å². The molecule has 8 heteroatoms. The van der Waals surface area contributed by atoms with E-state index in [1.54, 1.807) is 26.2 Å². The van der Waals surface area contributed by atoms with E-state index in [-0.39, 0.29) is 13.0 Å². The number of methoxy groups -OCH3 is 2. The zero-order valence-electron chi connectivity index (χ0n) is 14.9. The molecule has 1 aromatic carbocycles. The first-order chi connectivity index (χ1) is 11.8. The SMILES string of the molecule is CCC(C(=O)O)N(C(C)=O)C(=O)NCCc1ccc(OC)c(OC)c1. The number of carbonyl (C=O) groups is 3. The van der Waals surface area contributed by atoms with Crippen molar-refractivity contribution in [3.8, 4) is 11.5 Å². The Hall–Kier alpha value is -2.77. The van der Waals surface area contributed by atoms with Crippen molar-refractivity contribution in [2.75, 3.05) is 20.8 Å². The number of imide groups is 1. The molecular weight excluding hydrogens is 328 g/mol. The van der Waals surface area contributed by atoms with Gasteiger partial charge in [0.1, 0.15) is 6.04 Å². The maximum atomic E-state index is 12.2. The number of nitrogens with zero attached hydrogens (tertiary/aromatic N) is 1. The summed E-state index contributed by atoms with van der Waals surface area (Å²) in [7, 11) is 3.08. The van der Waals surface area contributed by atoms with Crippen LogP contribution in [-0.4, -0.2) is 54.7 Å². The summed E-state index contributed by atoms with van der Waals surface area (Å²) >= 11 is 0. The number of carboxylic acid groups (broad SMARTS) is 1. The second-order valence-corrected chi connectivity index (χ2v) is 5.32. The van der Waals surface area contributed by atoms with Crippen molar-refractivity contribution >= 4 is 17.9 Å². The van der Waals surface area contributed by atoms with Crippen molar-refractivity contribution in [3.63, 3.8) is 0 Å². The standard InChI is InChI=1S/C17H24N2O6/c1-5-13(16(21)22)19(11(2)20)17(23)18-9-8-12-6-7-14(24-3)15(10-12)25-4/h6-7,10,13H,5,8-9H2,1-4H3,(H,18,23)(H,21,22). The second-order valence-electron chi connectivity index (χ2n) is 5.32. The van der Waals surface area contributed by atoms with Crippen LogP contribution in [0.2, 0.25) is 0 Å². The maximum Gasteiger partial charge on any atom is 0.326 e. The van der Waals surface area contributed by atoms with E-state index in [4.69, 9.17) is 14.6 Å². The predicted molar refractivity (Wildman–Crippen MR) is 90.9 cm³/mol. The van der Waals surface area contributed by atoms with Gasteiger partial charge in [-0.3, -0.25) is 9.69 Å². The molecule has 1 aromatic rings. The van der Waals surface area contributed by atoms with Crippen LogP contribution in [0.3, 0.4) is 0 Å². The van der Waals surface area contributed by atoms with Gasteiger partial charge in [0.05, 0.1) is 14.2 Å². The first-order valence-electron chi connectivity index (χ1n) is 7.87. The first kappa shape index (κ1) is 20.3. The Morgan fingerprint density at radius 1 is 1.20 bits per heavy atom. The number of rotatable bonds is 8. The van der Waals surface area contributed by atoms with Crippen LogP contribution in [0, 0.1) is 0 Å². The number of carbonyl (C=O) groups excluding carboxylic acids is 2. The van der Waals surface area contributed by atoms with Gasteiger partial charge in [0.25, 0.3) is 0 Å². The molecule has 0 aliphatic rings. The second kappa shape index (κ2) is 9.51. The number of benzene rings is 1. The molecule has 0 spiro atoms. The molecule has 1 unspecified atom stereocenters. The fourth-order valence-electron chi connectivity index (χ4n) is 2.41. The smallest absolute Gasteiger partial charge is 0.326 e. The molecule has 0 saturated carbocycles. The van der Waals surface area contributed by atoms with Crippen molar-refractivity contribution < 1.29 is 29.0 Å². The molecule has 138 valence electrons. The number of ether oxygens (including phenoxy) is 2. The van der Waals surface area contributed by atoms with Crippen LogP contribution in [0.1, 0.15) is 25.8 Å². The van der Waals surface area contributed by atoms with Gasteiger partial charge in [-0.1, -0.05) is 13.0 Å². The van der Waals surface area contributed by atoms with E-state index < -0.39 is 23.9 Å². The number of urea groups is 1. The summed E-state index contributed by atoms with van der Waals surface area (Å²) in [6.07, 6.45) is 0.625. The minimum atomic E-state index is -1.22. The number of carboxylic acids is 1. The molecule has 0 aliphatic carbocycles. The Balaban J connectivity index is 2.71. The summed E-state index contributed by atoms with van der Waals surface area (Å²) in [5.41, 5.74) is 0.901. The van der Waals surface area contributed by atoms with Gasteiger partial charge in [-0.25, -0.2) is 9.59 Å². The normalized spacial score (nSPS) is 11.4. The molecule has 3 amide bonds. The Kier molecular flexibility index (Phi) is 7.71. The van der Waals surface area contributed by atoms with Gasteiger partial charge in [0.2, 0.25) is 5.91 Å². The van der Waals surface area contributed by atoms with Crippen LogP contribution in [0.15, 0.2) is 18.2 Å². The molecule has 8 nitrogen and oxygen atoms in total. The van der Waals surface area contributed by atoms with E-state index in [1.807, 2.05) is 6.07 Å². The van der Waals surface area contributed by atoms with Crippen molar-refractivity contribution in [1.82, 2.24) is 10.2 Å². The Morgan fingerprint density at radius 2 is 1.84 bits per heavy atom. The summed E-state index contributed by atoms with van der Waals surface area (Å²) in [6.45, 7) is 3.01. The Morgan fingerprint density at radius 3 is 2.32 bits per heavy atom. The van der Waals surface area contributed by atoms with E-state index in [2.05, 4.69) is 5.32 Å². The molecule has 0 aliphatic heterocycles. The fraction of sp³-hybridized carbons (Fsp3) is 0.471. The van der Waals surface area contributed by atoms with E-state index in [0.29, 0.717) is 17.9 Å². The highest BCUT2D eigenvalue weighted by Gasteiger charge is 2.31. The minimum Gasteiger partial charge on any atom is -0.493 e. The molecule has 0 saturated heterocycles. The summed E-state index contributed by atoms with van der Waals surface area (Å²) in [6, 6.07) is 3.48. The van der Waals surface area contributed by atoms with Gasteiger partial charge in [-0.2, -0.15) is 0 Å². The third kappa shape index (κ3) is 5.37. The van der Waals surface area contributed by atoms with E-state index in [1.165, 1.54) is 14.0 Å². The van der Waals surface area contributed by atoms with Gasteiger partial charge in [0, 0.05) is 13.5 Å². The molecule has 1 atom stereocenters. The lowest BCUT2D eigenvalue weighted by Crippen LogP contribution is -2.52. The fourth-order valence-corrected chi connectivity index (χ4v) is 2.41. The number of nitrogens with one attached hydrogen (secondary N) is 1. The summed E-state index contributed by atoms with van der Waals surface area (Å²) < 4.78 is 10.4. The van der Waals surface area contributed by atoms with E-state index in [0.717, 1.165) is 10.5 Å². The third-order valence-corrected chi connectivity index (χ3v) is 3.68. The van der Waals surface area contributed by atoms with Crippen molar-refractivity contribution in [2.24, 2.45) is 0 Å². The van der Waals surface area contributed by atoms with E-state index >= 15 is 0 Å². The lowest BCUT2D eigenvalue weighted by Gasteiger charge is -2.25. The first-order valence-corrected chi connectivity index (χ1v) is 7.87. The third-order valence-electron chi connectivity index (χ3n) is 3.68. The van der Waals surface area contributed by atoms with Gasteiger partial charge >= 0.3 is 12.0 Å². The number of aliphatic carboxylic acids is 1. The average Bonchev–Trinajstić information content (AvgIpc) is 2.58. The molecule has 0 aromatic heterocycles. The predicted octanol–water partition coefficient (Wildman–Crippen LogP) is 1.67. The number of hydrogen-bond acceptors (Lipinski definition) is 5. The zero-order valence-corrected chi connectivity index (χ0v) is 14.9. The molecule has 2 N–H and O–H groups in total. The van der Waals surface area contributed by atoms with Crippen LogP contribution < -0.4 is 14.8 Å². The summed E-state index contributed by atoms with van der Waals surface area (Å²) in [5.74, 6) is -0.649. The minimum absolute atomic E-state index is 0.137. The highest BCUT2D eigenvalue weighted by molar-refractivity contribution is 5.97. The Bertz CT molecular complexity index is 632. The molecule has 1 rings (SSSR count). The summed E-state index contributed by atoms with van der Waals surface area (Å²) in [5, 5.41) is 11.7. The van der Waals surface area contributed by atoms with Gasteiger partial charge in [-0.05, 0) is 30.5 Å². The topological polar surface area (TPSA) is 105 Å². The highest BCUT2D eigenvalue weighted by atomic mass is 16.5. The molecule has 0 heterocycles. The van der Waals surface area contributed by atoms with Crippen LogP contribution in [-0.2, 0) is 16.0 Å². The monoisotopic (exact) mass is 352 g/mol. The van der Waals surface area contributed by atoms with Gasteiger partial charge in [-0.15, -0.1) is 0 Å². The van der Waals surface area contributed by atoms with Crippen molar-refractivity contribution in [2.45, 2.75) is 32.7 Å². The van der Waals surface area contributed by atoms with Gasteiger partial charge < -0.3 is 19.9 Å². The maximum absolute atomic E-state index is 12.2. The lowest BCUT2D eigenvalue weighted by atomic mass is 10.1. The lowest BCUT2D eigenvalue weighted by molar-refractivity contribution is -0.147. The van der Waals surface area contributed by atoms with Crippen LogP contribution >= 0.6 is 0 Å². The van der Waals surface area contributed by atoms with Gasteiger partial charge in [0.15, 0.2) is 11.5 Å². The highest BCUT2D eigenvalue weighted by Crippen LogP contribution is 2.27. The van der Waals surface area contributed by atoms with E-state index in [9.17, 15) is 14.4 Å². The van der Waals surface area contributed by atoms with Crippen molar-refractivity contribution in [1.29, 1.82) is 0 Å². The molecule has 0 fully saturated rings. The van der Waals surface area contributed by atoms with Crippen molar-refractivity contribution in [3.05, 3.63) is 23.8 Å². The molecule has 0 radical (unpaired) electrons. The largest absolute Gasteiger partial charge is 0.493 e. The molecule has 0 bridgehead atoms. The average molecular weight is 352 g/mol. The van der Waals surface area contributed by atoms with Crippen LogP contribution in [0.4, 0.5) is 4.79 Å².